The van der Waals surface area contributed by atoms with E-state index in [1.54, 1.807) is 7.11 Å². The van der Waals surface area contributed by atoms with Crippen molar-refractivity contribution in [3.05, 3.63) is 48.6 Å². The minimum Gasteiger partial charge on any atom is -0.375 e. The molecule has 0 heterocycles. The number of rotatable bonds is 11. The highest BCUT2D eigenvalue weighted by Crippen LogP contribution is 2.24. The minimum absolute atomic E-state index is 0.135. The molecule has 2 heteroatoms. The zero-order valence-electron chi connectivity index (χ0n) is 13.0. The van der Waals surface area contributed by atoms with Gasteiger partial charge in [0.25, 0.3) is 0 Å². The van der Waals surface area contributed by atoms with E-state index < -0.39 is 0 Å². The van der Waals surface area contributed by atoms with Gasteiger partial charge >= 0.3 is 0 Å². The van der Waals surface area contributed by atoms with Crippen molar-refractivity contribution in [2.45, 2.75) is 51.2 Å². The van der Waals surface area contributed by atoms with Crippen LogP contribution >= 0.6 is 0 Å². The molecule has 0 bridgehead atoms. The van der Waals surface area contributed by atoms with Crippen molar-refractivity contribution in [2.75, 3.05) is 13.7 Å². The number of methoxy groups -OCH3 is 1. The zero-order chi connectivity index (χ0) is 14.6. The third-order valence-corrected chi connectivity index (χ3v) is 3.64. The molecule has 1 aromatic rings. The molecule has 1 aromatic carbocycles. The molecule has 0 aliphatic carbocycles. The number of ether oxygens (including phenoxy) is 1. The van der Waals surface area contributed by atoms with Crippen molar-refractivity contribution >= 4 is 0 Å². The van der Waals surface area contributed by atoms with E-state index in [1.807, 2.05) is 12.1 Å². The van der Waals surface area contributed by atoms with E-state index in [0.29, 0.717) is 6.04 Å². The van der Waals surface area contributed by atoms with Crippen molar-refractivity contribution < 1.29 is 4.74 Å². The lowest BCUT2D eigenvalue weighted by molar-refractivity contribution is 0.0645. The Balaban J connectivity index is 2.55. The molecule has 1 rings (SSSR count). The quantitative estimate of drug-likeness (QED) is 0.474. The molecule has 0 radical (unpaired) electrons. The summed E-state index contributed by atoms with van der Waals surface area (Å²) in [5.41, 5.74) is 1.26. The Bertz CT molecular complexity index is 350. The van der Waals surface area contributed by atoms with Gasteiger partial charge in [0.1, 0.15) is 0 Å². The Morgan fingerprint density at radius 2 is 1.95 bits per heavy atom. The summed E-state index contributed by atoms with van der Waals surface area (Å²) in [6, 6.07) is 10.9. The first-order valence-corrected chi connectivity index (χ1v) is 7.75. The van der Waals surface area contributed by atoms with Crippen LogP contribution in [0.4, 0.5) is 0 Å². The Labute approximate surface area is 124 Å². The standard InChI is InChI=1S/C18H29NO/c1-4-6-7-8-12-15-17(19-5-2)18(20-3)16-13-10-9-11-14-16/h4,9-11,13-14,17-19H,1,5-8,12,15H2,2-3H3. The van der Waals surface area contributed by atoms with Crippen LogP contribution in [0.1, 0.15) is 50.7 Å². The van der Waals surface area contributed by atoms with Crippen LogP contribution in [0.2, 0.25) is 0 Å². The van der Waals surface area contributed by atoms with Crippen LogP contribution in [0.3, 0.4) is 0 Å². The molecule has 0 saturated carbocycles. The number of unbranched alkanes of at least 4 members (excludes halogenated alkanes) is 3. The highest BCUT2D eigenvalue weighted by Gasteiger charge is 2.21. The molecule has 0 aliphatic heterocycles. The van der Waals surface area contributed by atoms with Crippen LogP contribution < -0.4 is 5.32 Å². The van der Waals surface area contributed by atoms with Crippen LogP contribution in [0.25, 0.3) is 0 Å². The van der Waals surface area contributed by atoms with Gasteiger partial charge in [-0.1, -0.05) is 56.2 Å². The Morgan fingerprint density at radius 1 is 1.20 bits per heavy atom. The van der Waals surface area contributed by atoms with E-state index >= 15 is 0 Å². The highest BCUT2D eigenvalue weighted by molar-refractivity contribution is 5.19. The lowest BCUT2D eigenvalue weighted by Crippen LogP contribution is -2.35. The van der Waals surface area contributed by atoms with E-state index in [9.17, 15) is 0 Å². The lowest BCUT2D eigenvalue weighted by Gasteiger charge is -2.27. The molecule has 2 nitrogen and oxygen atoms in total. The van der Waals surface area contributed by atoms with E-state index in [1.165, 1.54) is 24.8 Å². The molecule has 0 saturated heterocycles. The Hall–Kier alpha value is -1.12. The molecule has 1 N–H and O–H groups in total. The van der Waals surface area contributed by atoms with Gasteiger partial charge in [0, 0.05) is 13.2 Å². The summed E-state index contributed by atoms with van der Waals surface area (Å²) in [5, 5.41) is 3.58. The van der Waals surface area contributed by atoms with E-state index in [0.717, 1.165) is 19.4 Å². The average molecular weight is 275 g/mol. The second kappa shape index (κ2) is 10.6. The Morgan fingerprint density at radius 3 is 2.55 bits per heavy atom. The van der Waals surface area contributed by atoms with Gasteiger partial charge in [-0.25, -0.2) is 0 Å². The second-order valence-electron chi connectivity index (χ2n) is 5.16. The van der Waals surface area contributed by atoms with Gasteiger partial charge in [-0.15, -0.1) is 6.58 Å². The van der Waals surface area contributed by atoms with Crippen molar-refractivity contribution in [2.24, 2.45) is 0 Å². The van der Waals surface area contributed by atoms with E-state index in [4.69, 9.17) is 4.74 Å². The third-order valence-electron chi connectivity index (χ3n) is 3.64. The number of hydrogen-bond donors (Lipinski definition) is 1. The smallest absolute Gasteiger partial charge is 0.0973 e. The maximum absolute atomic E-state index is 5.75. The molecule has 112 valence electrons. The maximum Gasteiger partial charge on any atom is 0.0973 e. The molecule has 2 unspecified atom stereocenters. The topological polar surface area (TPSA) is 21.3 Å². The third kappa shape index (κ3) is 5.89. The van der Waals surface area contributed by atoms with Crippen molar-refractivity contribution in [3.63, 3.8) is 0 Å². The number of benzene rings is 1. The normalized spacial score (nSPS) is 13.9. The number of hydrogen-bond acceptors (Lipinski definition) is 2. The molecule has 20 heavy (non-hydrogen) atoms. The lowest BCUT2D eigenvalue weighted by atomic mass is 9.96. The van der Waals surface area contributed by atoms with Crippen LogP contribution in [-0.4, -0.2) is 19.7 Å². The van der Waals surface area contributed by atoms with Crippen LogP contribution in [0.15, 0.2) is 43.0 Å². The van der Waals surface area contributed by atoms with Crippen molar-refractivity contribution in [1.29, 1.82) is 0 Å². The average Bonchev–Trinajstić information content (AvgIpc) is 2.49. The zero-order valence-corrected chi connectivity index (χ0v) is 13.0. The number of nitrogens with one attached hydrogen (secondary N) is 1. The first-order valence-electron chi connectivity index (χ1n) is 7.75. The number of likely N-dealkylation sites (N-methyl/N-ethyl adjacent to an activating group) is 1. The van der Waals surface area contributed by atoms with Gasteiger partial charge in [-0.05, 0) is 31.4 Å². The van der Waals surface area contributed by atoms with Crippen LogP contribution in [0.5, 0.6) is 0 Å². The van der Waals surface area contributed by atoms with Gasteiger partial charge in [0.2, 0.25) is 0 Å². The molecule has 0 spiro atoms. The van der Waals surface area contributed by atoms with Crippen LogP contribution in [0, 0.1) is 0 Å². The fourth-order valence-corrected chi connectivity index (χ4v) is 2.63. The molecule has 2 atom stereocenters. The van der Waals surface area contributed by atoms with Gasteiger partial charge in [0.05, 0.1) is 6.10 Å². The SMILES string of the molecule is C=CCCCCCC(NCC)C(OC)c1ccccc1. The summed E-state index contributed by atoms with van der Waals surface area (Å²) in [5.74, 6) is 0. The largest absolute Gasteiger partial charge is 0.375 e. The first-order chi connectivity index (χ1) is 9.83. The molecule has 0 amide bonds. The molecule has 0 fully saturated rings. The van der Waals surface area contributed by atoms with Gasteiger partial charge in [0.15, 0.2) is 0 Å². The van der Waals surface area contributed by atoms with Gasteiger partial charge in [-0.3, -0.25) is 0 Å². The van der Waals surface area contributed by atoms with Crippen molar-refractivity contribution in [1.82, 2.24) is 5.32 Å². The Kier molecular flexibility index (Phi) is 9.01. The fraction of sp³-hybridized carbons (Fsp3) is 0.556. The van der Waals surface area contributed by atoms with Gasteiger partial charge in [-0.2, -0.15) is 0 Å². The minimum atomic E-state index is 0.135. The van der Waals surface area contributed by atoms with E-state index in [-0.39, 0.29) is 6.10 Å². The highest BCUT2D eigenvalue weighted by atomic mass is 16.5. The van der Waals surface area contributed by atoms with Crippen LogP contribution in [-0.2, 0) is 4.74 Å². The summed E-state index contributed by atoms with van der Waals surface area (Å²) in [6.45, 7) is 6.90. The maximum atomic E-state index is 5.75. The van der Waals surface area contributed by atoms with E-state index in [2.05, 4.69) is 43.1 Å². The monoisotopic (exact) mass is 275 g/mol. The predicted octanol–water partition coefficient (Wildman–Crippen LogP) is 4.49. The van der Waals surface area contributed by atoms with Gasteiger partial charge < -0.3 is 10.1 Å². The molecule has 0 aromatic heterocycles. The van der Waals surface area contributed by atoms with Crippen molar-refractivity contribution in [3.8, 4) is 0 Å². The fourth-order valence-electron chi connectivity index (χ4n) is 2.63. The molecule has 0 aliphatic rings. The predicted molar refractivity (Wildman–Crippen MR) is 86.9 cm³/mol. The number of allylic oxidation sites excluding steroid dienone is 1. The summed E-state index contributed by atoms with van der Waals surface area (Å²) >= 11 is 0. The molecular formula is C18H29NO. The first kappa shape index (κ1) is 16.9. The summed E-state index contributed by atoms with van der Waals surface area (Å²) in [7, 11) is 1.81. The summed E-state index contributed by atoms with van der Waals surface area (Å²) in [4.78, 5) is 0. The summed E-state index contributed by atoms with van der Waals surface area (Å²) < 4.78 is 5.75. The molecular weight excluding hydrogens is 246 g/mol. The second-order valence-corrected chi connectivity index (χ2v) is 5.16. The summed E-state index contributed by atoms with van der Waals surface area (Å²) in [6.07, 6.45) is 8.15.